The Hall–Kier alpha value is -2.45. The number of nitrogens with zero attached hydrogens (tertiary/aromatic N) is 2. The fourth-order valence-corrected chi connectivity index (χ4v) is 2.60. The predicted octanol–water partition coefficient (Wildman–Crippen LogP) is 3.31. The number of ether oxygens (including phenoxy) is 1. The minimum atomic E-state index is -4.50. The summed E-state index contributed by atoms with van der Waals surface area (Å²) in [5, 5.41) is 6.62. The summed E-state index contributed by atoms with van der Waals surface area (Å²) in [6, 6.07) is 0.616. The lowest BCUT2D eigenvalue weighted by molar-refractivity contribution is -0.174. The molecule has 0 unspecified atom stereocenters. The van der Waals surface area contributed by atoms with Gasteiger partial charge in [-0.25, -0.2) is 9.48 Å². The Balaban J connectivity index is 2.02. The molecule has 0 aromatic carbocycles. The van der Waals surface area contributed by atoms with Crippen LogP contribution in [0.4, 0.5) is 19.0 Å². The van der Waals surface area contributed by atoms with Crippen LogP contribution < -0.4 is 5.32 Å². The normalized spacial score (nSPS) is 20.7. The first-order valence-electron chi connectivity index (χ1n) is 7.03. The molecule has 0 radical (unpaired) electrons. The van der Waals surface area contributed by atoms with E-state index < -0.39 is 24.2 Å². The Morgan fingerprint density at radius 3 is 2.96 bits per heavy atom. The number of carbonyl (C=O) groups excluding carboxylic acids is 1. The lowest BCUT2D eigenvalue weighted by Crippen LogP contribution is -2.36. The topological polar surface area (TPSA) is 69.3 Å². The van der Waals surface area contributed by atoms with Crippen molar-refractivity contribution in [2.24, 2.45) is 0 Å². The fourth-order valence-electron chi connectivity index (χ4n) is 2.60. The van der Waals surface area contributed by atoms with Gasteiger partial charge < -0.3 is 14.5 Å². The Bertz CT molecular complexity index is 694. The van der Waals surface area contributed by atoms with E-state index in [1.807, 2.05) is 0 Å². The zero-order valence-corrected chi connectivity index (χ0v) is 12.1. The van der Waals surface area contributed by atoms with Crippen molar-refractivity contribution in [2.45, 2.75) is 31.6 Å². The maximum Gasteiger partial charge on any atom is 0.410 e. The smallest absolute Gasteiger partial charge is 0.410 e. The molecule has 2 atom stereocenters. The summed E-state index contributed by atoms with van der Waals surface area (Å²) in [5.74, 6) is -0.373. The molecule has 2 aromatic heterocycles. The van der Waals surface area contributed by atoms with E-state index in [2.05, 4.69) is 10.4 Å². The number of carbonyl (C=O) groups is 1. The maximum atomic E-state index is 13.4. The van der Waals surface area contributed by atoms with Crippen molar-refractivity contribution in [3.05, 3.63) is 35.9 Å². The van der Waals surface area contributed by atoms with Crippen LogP contribution in [0.15, 0.2) is 29.0 Å². The number of furan rings is 1. The van der Waals surface area contributed by atoms with Gasteiger partial charge in [0.1, 0.15) is 17.1 Å². The third kappa shape index (κ3) is 2.78. The van der Waals surface area contributed by atoms with E-state index in [-0.39, 0.29) is 24.4 Å². The predicted molar refractivity (Wildman–Crippen MR) is 73.0 cm³/mol. The van der Waals surface area contributed by atoms with Crippen LogP contribution in [0.3, 0.4) is 0 Å². The molecule has 0 fully saturated rings. The van der Waals surface area contributed by atoms with E-state index in [4.69, 9.17) is 9.15 Å². The van der Waals surface area contributed by atoms with Gasteiger partial charge in [-0.2, -0.15) is 18.3 Å². The molecule has 23 heavy (non-hydrogen) atoms. The molecule has 124 valence electrons. The van der Waals surface area contributed by atoms with Crippen molar-refractivity contribution in [1.29, 1.82) is 0 Å². The van der Waals surface area contributed by atoms with Gasteiger partial charge in [0.15, 0.2) is 6.04 Å². The second kappa shape index (κ2) is 5.64. The first-order valence-corrected chi connectivity index (χ1v) is 7.03. The SMILES string of the molecule is CCOC(=O)c1cnn2c1N[C@@H](c1ccco1)C[C@H]2C(F)(F)F. The Morgan fingerprint density at radius 2 is 2.35 bits per heavy atom. The first kappa shape index (κ1) is 15.4. The van der Waals surface area contributed by atoms with E-state index in [0.717, 1.165) is 10.9 Å². The van der Waals surface area contributed by atoms with Gasteiger partial charge in [-0.05, 0) is 19.1 Å². The summed E-state index contributed by atoms with van der Waals surface area (Å²) in [7, 11) is 0. The average molecular weight is 329 g/mol. The Morgan fingerprint density at radius 1 is 1.57 bits per heavy atom. The van der Waals surface area contributed by atoms with Crippen molar-refractivity contribution < 1.29 is 27.1 Å². The molecule has 0 spiro atoms. The largest absolute Gasteiger partial charge is 0.467 e. The number of anilines is 1. The maximum absolute atomic E-state index is 13.4. The number of hydrogen-bond acceptors (Lipinski definition) is 5. The number of nitrogens with one attached hydrogen (secondary N) is 1. The van der Waals surface area contributed by atoms with Crippen molar-refractivity contribution in [3.8, 4) is 0 Å². The quantitative estimate of drug-likeness (QED) is 0.875. The summed E-state index contributed by atoms with van der Waals surface area (Å²) in [4.78, 5) is 11.9. The molecule has 3 rings (SSSR count). The molecule has 0 bridgehead atoms. The monoisotopic (exact) mass is 329 g/mol. The van der Waals surface area contributed by atoms with Gasteiger partial charge in [0.05, 0.1) is 25.1 Å². The standard InChI is InChI=1S/C14H14F3N3O3/c1-2-22-13(21)8-7-18-20-11(14(15,16)17)6-9(19-12(8)20)10-4-3-5-23-10/h3-5,7,9,11,19H,2,6H2,1H3/t9-,11+/m1/s1. The Kier molecular flexibility index (Phi) is 3.78. The van der Waals surface area contributed by atoms with E-state index >= 15 is 0 Å². The summed E-state index contributed by atoms with van der Waals surface area (Å²) in [6.07, 6.45) is -2.31. The molecular weight excluding hydrogens is 315 g/mol. The molecule has 1 N–H and O–H groups in total. The first-order chi connectivity index (χ1) is 10.9. The zero-order chi connectivity index (χ0) is 16.6. The van der Waals surface area contributed by atoms with Gasteiger partial charge in [-0.3, -0.25) is 0 Å². The van der Waals surface area contributed by atoms with Gasteiger partial charge in [-0.15, -0.1) is 0 Å². The molecule has 1 aliphatic heterocycles. The molecule has 2 aromatic rings. The molecule has 3 heterocycles. The number of esters is 1. The molecule has 0 saturated carbocycles. The van der Waals surface area contributed by atoms with Crippen molar-refractivity contribution in [3.63, 3.8) is 0 Å². The highest BCUT2D eigenvalue weighted by molar-refractivity contribution is 5.94. The van der Waals surface area contributed by atoms with Crippen LogP contribution in [0.2, 0.25) is 0 Å². The van der Waals surface area contributed by atoms with Gasteiger partial charge in [-0.1, -0.05) is 0 Å². The van der Waals surface area contributed by atoms with Crippen LogP contribution in [0.1, 0.15) is 41.5 Å². The van der Waals surface area contributed by atoms with Crippen LogP contribution >= 0.6 is 0 Å². The van der Waals surface area contributed by atoms with Gasteiger partial charge in [0, 0.05) is 6.42 Å². The zero-order valence-electron chi connectivity index (χ0n) is 12.1. The second-order valence-corrected chi connectivity index (χ2v) is 5.08. The van der Waals surface area contributed by atoms with Crippen molar-refractivity contribution >= 4 is 11.8 Å². The van der Waals surface area contributed by atoms with Crippen LogP contribution in [0.5, 0.6) is 0 Å². The van der Waals surface area contributed by atoms with Crippen molar-refractivity contribution in [1.82, 2.24) is 9.78 Å². The molecule has 0 amide bonds. The minimum absolute atomic E-state index is 0.0153. The summed E-state index contributed by atoms with van der Waals surface area (Å²) in [6.45, 7) is 1.74. The summed E-state index contributed by atoms with van der Waals surface area (Å²) >= 11 is 0. The number of fused-ring (bicyclic) bond motifs is 1. The van der Waals surface area contributed by atoms with E-state index in [1.165, 1.54) is 6.26 Å². The second-order valence-electron chi connectivity index (χ2n) is 5.08. The molecule has 9 heteroatoms. The minimum Gasteiger partial charge on any atom is -0.467 e. The van der Waals surface area contributed by atoms with Crippen LogP contribution in [0, 0.1) is 0 Å². The summed E-state index contributed by atoms with van der Waals surface area (Å²) < 4.78 is 50.9. The Labute approximate surface area is 129 Å². The van der Waals surface area contributed by atoms with Gasteiger partial charge >= 0.3 is 12.1 Å². The fraction of sp³-hybridized carbons (Fsp3) is 0.429. The number of rotatable bonds is 3. The van der Waals surface area contributed by atoms with E-state index in [0.29, 0.717) is 5.76 Å². The van der Waals surface area contributed by atoms with E-state index in [9.17, 15) is 18.0 Å². The highest BCUT2D eigenvalue weighted by atomic mass is 19.4. The van der Waals surface area contributed by atoms with Crippen LogP contribution in [0.25, 0.3) is 0 Å². The lowest BCUT2D eigenvalue weighted by atomic mass is 10.0. The summed E-state index contributed by atoms with van der Waals surface area (Å²) in [5.41, 5.74) is -0.0302. The number of alkyl halides is 3. The third-order valence-corrected chi connectivity index (χ3v) is 3.62. The van der Waals surface area contributed by atoms with Gasteiger partial charge in [0.2, 0.25) is 0 Å². The highest BCUT2D eigenvalue weighted by Crippen LogP contribution is 2.44. The van der Waals surface area contributed by atoms with Crippen molar-refractivity contribution in [2.75, 3.05) is 11.9 Å². The number of aromatic nitrogens is 2. The molecule has 0 aliphatic carbocycles. The number of halogens is 3. The number of hydrogen-bond donors (Lipinski definition) is 1. The van der Waals surface area contributed by atoms with Gasteiger partial charge in [0.25, 0.3) is 0 Å². The van der Waals surface area contributed by atoms with Crippen LogP contribution in [-0.4, -0.2) is 28.5 Å². The highest BCUT2D eigenvalue weighted by Gasteiger charge is 2.47. The third-order valence-electron chi connectivity index (χ3n) is 3.62. The molecule has 1 aliphatic rings. The average Bonchev–Trinajstić information content (AvgIpc) is 3.14. The molecular formula is C14H14F3N3O3. The van der Waals surface area contributed by atoms with Crippen LogP contribution in [-0.2, 0) is 4.74 Å². The lowest BCUT2D eigenvalue weighted by Gasteiger charge is -2.32. The van der Waals surface area contributed by atoms with E-state index in [1.54, 1.807) is 19.1 Å². The molecule has 6 nitrogen and oxygen atoms in total. The molecule has 0 saturated heterocycles.